The van der Waals surface area contributed by atoms with Gasteiger partial charge in [0, 0.05) is 12.6 Å². The first kappa shape index (κ1) is 17.0. The molecular formula is C19H22N2O2. The molecule has 0 radical (unpaired) electrons. The standard InChI is InChI=1S/C19H22N2O2/c1-15(16-8-10-18(11-9-16)23-13-12-20)21-14-19(2,22)17-6-4-3-5-7-17/h3-11,15,21-22H,13-14H2,1-2H3. The second-order valence-electron chi connectivity index (χ2n) is 5.76. The van der Waals surface area contributed by atoms with Crippen LogP contribution in [0.1, 0.15) is 31.0 Å². The molecule has 0 spiro atoms. The van der Waals surface area contributed by atoms with Crippen molar-refractivity contribution in [2.45, 2.75) is 25.5 Å². The summed E-state index contributed by atoms with van der Waals surface area (Å²) in [5, 5.41) is 22.5. The number of nitriles is 1. The van der Waals surface area contributed by atoms with E-state index in [1.807, 2.05) is 67.6 Å². The SMILES string of the molecule is CC(NCC(C)(O)c1ccccc1)c1ccc(OCC#N)cc1. The summed E-state index contributed by atoms with van der Waals surface area (Å²) in [5.41, 5.74) is 1.06. The number of hydrogen-bond donors (Lipinski definition) is 2. The minimum atomic E-state index is -0.925. The average Bonchev–Trinajstić information content (AvgIpc) is 2.59. The predicted octanol–water partition coefficient (Wildman–Crippen LogP) is 3.15. The van der Waals surface area contributed by atoms with E-state index < -0.39 is 5.60 Å². The summed E-state index contributed by atoms with van der Waals surface area (Å²) < 4.78 is 5.24. The van der Waals surface area contributed by atoms with Crippen LogP contribution in [0.3, 0.4) is 0 Å². The number of benzene rings is 2. The second kappa shape index (κ2) is 7.77. The fraction of sp³-hybridized carbons (Fsp3) is 0.316. The molecule has 2 aromatic rings. The molecule has 0 saturated heterocycles. The predicted molar refractivity (Wildman–Crippen MR) is 90.0 cm³/mol. The van der Waals surface area contributed by atoms with E-state index in [1.54, 1.807) is 6.92 Å². The Kier molecular flexibility index (Phi) is 5.75. The van der Waals surface area contributed by atoms with Gasteiger partial charge in [0.25, 0.3) is 0 Å². The molecule has 2 aromatic carbocycles. The van der Waals surface area contributed by atoms with Gasteiger partial charge in [0.2, 0.25) is 0 Å². The van der Waals surface area contributed by atoms with Gasteiger partial charge in [0.1, 0.15) is 11.8 Å². The Labute approximate surface area is 137 Å². The summed E-state index contributed by atoms with van der Waals surface area (Å²) in [6.45, 7) is 4.35. The van der Waals surface area contributed by atoms with Gasteiger partial charge in [-0.1, -0.05) is 42.5 Å². The van der Waals surface area contributed by atoms with Crippen molar-refractivity contribution < 1.29 is 9.84 Å². The van der Waals surface area contributed by atoms with Gasteiger partial charge in [-0.15, -0.1) is 0 Å². The Hall–Kier alpha value is -2.35. The molecule has 2 N–H and O–H groups in total. The van der Waals surface area contributed by atoms with Crippen molar-refractivity contribution in [1.82, 2.24) is 5.32 Å². The van der Waals surface area contributed by atoms with E-state index in [4.69, 9.17) is 10.00 Å². The normalized spacial score (nSPS) is 14.5. The third-order valence-corrected chi connectivity index (χ3v) is 3.83. The maximum absolute atomic E-state index is 10.6. The monoisotopic (exact) mass is 310 g/mol. The Balaban J connectivity index is 1.94. The number of aliphatic hydroxyl groups is 1. The quantitative estimate of drug-likeness (QED) is 0.824. The smallest absolute Gasteiger partial charge is 0.174 e. The first-order chi connectivity index (χ1) is 11.0. The second-order valence-corrected chi connectivity index (χ2v) is 5.76. The van der Waals surface area contributed by atoms with Crippen molar-refractivity contribution in [2.24, 2.45) is 0 Å². The molecule has 2 atom stereocenters. The molecule has 2 unspecified atom stereocenters. The lowest BCUT2D eigenvalue weighted by Crippen LogP contribution is -2.36. The highest BCUT2D eigenvalue weighted by Crippen LogP contribution is 2.22. The van der Waals surface area contributed by atoms with Crippen LogP contribution in [0.5, 0.6) is 5.75 Å². The summed E-state index contributed by atoms with van der Waals surface area (Å²) in [7, 11) is 0. The Morgan fingerprint density at radius 3 is 2.43 bits per heavy atom. The van der Waals surface area contributed by atoms with Crippen LogP contribution >= 0.6 is 0 Å². The number of nitrogens with zero attached hydrogens (tertiary/aromatic N) is 1. The van der Waals surface area contributed by atoms with Crippen molar-refractivity contribution in [1.29, 1.82) is 5.26 Å². The lowest BCUT2D eigenvalue weighted by Gasteiger charge is -2.26. The van der Waals surface area contributed by atoms with Gasteiger partial charge in [0.05, 0.1) is 5.60 Å². The van der Waals surface area contributed by atoms with Crippen molar-refractivity contribution in [2.75, 3.05) is 13.2 Å². The van der Waals surface area contributed by atoms with Crippen molar-refractivity contribution in [3.8, 4) is 11.8 Å². The molecule has 4 nitrogen and oxygen atoms in total. The molecule has 0 aliphatic carbocycles. The highest BCUT2D eigenvalue weighted by atomic mass is 16.5. The van der Waals surface area contributed by atoms with Crippen LogP contribution in [0.2, 0.25) is 0 Å². The molecule has 2 rings (SSSR count). The highest BCUT2D eigenvalue weighted by molar-refractivity contribution is 5.29. The van der Waals surface area contributed by atoms with Gasteiger partial charge >= 0.3 is 0 Å². The first-order valence-corrected chi connectivity index (χ1v) is 7.64. The summed E-state index contributed by atoms with van der Waals surface area (Å²) in [6, 6.07) is 19.3. The minimum absolute atomic E-state index is 0.0487. The molecule has 0 saturated carbocycles. The molecule has 0 fully saturated rings. The van der Waals surface area contributed by atoms with Crippen LogP contribution < -0.4 is 10.1 Å². The molecule has 0 amide bonds. The molecule has 0 aliphatic rings. The number of hydrogen-bond acceptors (Lipinski definition) is 4. The van der Waals surface area contributed by atoms with Crippen LogP contribution in [-0.2, 0) is 5.60 Å². The van der Waals surface area contributed by atoms with Crippen LogP contribution in [0.15, 0.2) is 54.6 Å². The van der Waals surface area contributed by atoms with E-state index >= 15 is 0 Å². The van der Waals surface area contributed by atoms with Gasteiger partial charge in [0.15, 0.2) is 6.61 Å². The molecule has 0 aliphatic heterocycles. The lowest BCUT2D eigenvalue weighted by molar-refractivity contribution is 0.0543. The number of nitrogens with one attached hydrogen (secondary N) is 1. The molecule has 4 heteroatoms. The molecular weight excluding hydrogens is 288 g/mol. The van der Waals surface area contributed by atoms with Gasteiger partial charge in [-0.05, 0) is 37.1 Å². The van der Waals surface area contributed by atoms with Gasteiger partial charge in [-0.2, -0.15) is 5.26 Å². The first-order valence-electron chi connectivity index (χ1n) is 7.64. The lowest BCUT2D eigenvalue weighted by atomic mass is 9.95. The zero-order chi connectivity index (χ0) is 16.7. The summed E-state index contributed by atoms with van der Waals surface area (Å²) in [6.07, 6.45) is 0. The number of ether oxygens (including phenoxy) is 1. The van der Waals surface area contributed by atoms with Gasteiger partial charge in [-0.3, -0.25) is 0 Å². The Morgan fingerprint density at radius 1 is 1.17 bits per heavy atom. The van der Waals surface area contributed by atoms with E-state index in [0.717, 1.165) is 11.1 Å². The van der Waals surface area contributed by atoms with Crippen molar-refractivity contribution in [3.05, 3.63) is 65.7 Å². The average molecular weight is 310 g/mol. The van der Waals surface area contributed by atoms with E-state index in [9.17, 15) is 5.11 Å². The maximum Gasteiger partial charge on any atom is 0.174 e. The van der Waals surface area contributed by atoms with Crippen LogP contribution in [0.25, 0.3) is 0 Å². The molecule has 120 valence electrons. The largest absolute Gasteiger partial charge is 0.479 e. The minimum Gasteiger partial charge on any atom is -0.479 e. The van der Waals surface area contributed by atoms with Gasteiger partial charge < -0.3 is 15.2 Å². The fourth-order valence-electron chi connectivity index (χ4n) is 2.34. The topological polar surface area (TPSA) is 65.3 Å². The zero-order valence-electron chi connectivity index (χ0n) is 13.5. The van der Waals surface area contributed by atoms with E-state index in [0.29, 0.717) is 12.3 Å². The van der Waals surface area contributed by atoms with E-state index in [1.165, 1.54) is 0 Å². The van der Waals surface area contributed by atoms with Crippen LogP contribution in [0, 0.1) is 11.3 Å². The molecule has 0 aromatic heterocycles. The Morgan fingerprint density at radius 2 is 1.83 bits per heavy atom. The molecule has 0 heterocycles. The third-order valence-electron chi connectivity index (χ3n) is 3.83. The highest BCUT2D eigenvalue weighted by Gasteiger charge is 2.23. The fourth-order valence-corrected chi connectivity index (χ4v) is 2.34. The van der Waals surface area contributed by atoms with Crippen molar-refractivity contribution in [3.63, 3.8) is 0 Å². The van der Waals surface area contributed by atoms with E-state index in [2.05, 4.69) is 5.32 Å². The summed E-state index contributed by atoms with van der Waals surface area (Å²) in [4.78, 5) is 0. The van der Waals surface area contributed by atoms with Crippen molar-refractivity contribution >= 4 is 0 Å². The number of rotatable bonds is 7. The Bertz CT molecular complexity index is 645. The van der Waals surface area contributed by atoms with Gasteiger partial charge in [-0.25, -0.2) is 0 Å². The van der Waals surface area contributed by atoms with E-state index in [-0.39, 0.29) is 12.6 Å². The summed E-state index contributed by atoms with van der Waals surface area (Å²) >= 11 is 0. The molecule has 23 heavy (non-hydrogen) atoms. The summed E-state index contributed by atoms with van der Waals surface area (Å²) in [5.74, 6) is 0.679. The third kappa shape index (κ3) is 4.82. The molecule has 0 bridgehead atoms. The van der Waals surface area contributed by atoms with Crippen LogP contribution in [-0.4, -0.2) is 18.3 Å². The van der Waals surface area contributed by atoms with Crippen LogP contribution in [0.4, 0.5) is 0 Å². The zero-order valence-corrected chi connectivity index (χ0v) is 13.5. The maximum atomic E-state index is 10.6.